The van der Waals surface area contributed by atoms with Crippen molar-refractivity contribution in [3.8, 4) is 11.1 Å². The van der Waals surface area contributed by atoms with Gasteiger partial charge in [0, 0.05) is 23.2 Å². The number of anilines is 1. The van der Waals surface area contributed by atoms with Gasteiger partial charge >= 0.3 is 5.97 Å². The lowest BCUT2D eigenvalue weighted by atomic mass is 10.0. The van der Waals surface area contributed by atoms with Gasteiger partial charge in [0.15, 0.2) is 5.78 Å². The molecule has 140 valence electrons. The Morgan fingerprint density at radius 2 is 1.25 bits per heavy atom. The van der Waals surface area contributed by atoms with Crippen LogP contribution >= 0.6 is 0 Å². The molecule has 3 rings (SSSR count). The van der Waals surface area contributed by atoms with Crippen LogP contribution in [0.15, 0.2) is 78.9 Å². The van der Waals surface area contributed by atoms with Crippen LogP contribution in [0.1, 0.15) is 33.6 Å². The Balaban J connectivity index is 1.63. The first kappa shape index (κ1) is 19.0. The average molecular weight is 373 g/mol. The first-order valence-electron chi connectivity index (χ1n) is 8.85. The highest BCUT2D eigenvalue weighted by molar-refractivity contribution is 6.05. The van der Waals surface area contributed by atoms with Crippen molar-refractivity contribution in [2.24, 2.45) is 0 Å². The molecule has 2 N–H and O–H groups in total. The van der Waals surface area contributed by atoms with Gasteiger partial charge in [0.1, 0.15) is 0 Å². The summed E-state index contributed by atoms with van der Waals surface area (Å²) in [6.07, 6.45) is -0.245. The topological polar surface area (TPSA) is 83.5 Å². The number of carbonyl (C=O) groups excluding carboxylic acids is 2. The second-order valence-corrected chi connectivity index (χ2v) is 6.29. The average Bonchev–Trinajstić information content (AvgIpc) is 2.73. The quantitative estimate of drug-likeness (QED) is 0.590. The summed E-state index contributed by atoms with van der Waals surface area (Å²) in [5, 5.41) is 11.4. The standard InChI is InChI=1S/C23H19NO4/c25-21(14-15-22(26)27)18-10-12-20(13-11-18)24-23(28)19-8-6-17(7-9-19)16-4-2-1-3-5-16/h1-13H,14-15H2,(H,24,28)(H,26,27). The molecule has 5 nitrogen and oxygen atoms in total. The number of benzene rings is 3. The Morgan fingerprint density at radius 1 is 0.679 bits per heavy atom. The summed E-state index contributed by atoms with van der Waals surface area (Å²) in [5.41, 5.74) is 3.62. The lowest BCUT2D eigenvalue weighted by Crippen LogP contribution is -2.12. The van der Waals surface area contributed by atoms with E-state index >= 15 is 0 Å². The van der Waals surface area contributed by atoms with Gasteiger partial charge in [-0.1, -0.05) is 42.5 Å². The Kier molecular flexibility index (Phi) is 5.97. The minimum Gasteiger partial charge on any atom is -0.481 e. The molecule has 28 heavy (non-hydrogen) atoms. The van der Waals surface area contributed by atoms with E-state index in [1.807, 2.05) is 42.5 Å². The highest BCUT2D eigenvalue weighted by Gasteiger charge is 2.10. The number of nitrogens with one attached hydrogen (secondary N) is 1. The second-order valence-electron chi connectivity index (χ2n) is 6.29. The van der Waals surface area contributed by atoms with Crippen LogP contribution < -0.4 is 5.32 Å². The predicted molar refractivity (Wildman–Crippen MR) is 107 cm³/mol. The molecule has 0 saturated carbocycles. The normalized spacial score (nSPS) is 10.3. The molecule has 0 aromatic heterocycles. The molecule has 0 aliphatic carbocycles. The smallest absolute Gasteiger partial charge is 0.303 e. The third-order valence-corrected chi connectivity index (χ3v) is 4.28. The minimum absolute atomic E-state index is 0.0468. The van der Waals surface area contributed by atoms with Crippen molar-refractivity contribution in [3.63, 3.8) is 0 Å². The van der Waals surface area contributed by atoms with Crippen LogP contribution in [0.5, 0.6) is 0 Å². The van der Waals surface area contributed by atoms with Crippen LogP contribution in [-0.2, 0) is 4.79 Å². The predicted octanol–water partition coefficient (Wildman–Crippen LogP) is 4.65. The fourth-order valence-electron chi connectivity index (χ4n) is 2.75. The molecule has 0 spiro atoms. The number of carboxylic acid groups (broad SMARTS) is 1. The lowest BCUT2D eigenvalue weighted by molar-refractivity contribution is -0.136. The van der Waals surface area contributed by atoms with Crippen LogP contribution in [-0.4, -0.2) is 22.8 Å². The molecule has 0 aliphatic heterocycles. The van der Waals surface area contributed by atoms with Crippen molar-refractivity contribution in [2.75, 3.05) is 5.32 Å². The monoisotopic (exact) mass is 373 g/mol. The molecule has 0 saturated heterocycles. The van der Waals surface area contributed by atoms with E-state index in [9.17, 15) is 14.4 Å². The molecule has 0 fully saturated rings. The summed E-state index contributed by atoms with van der Waals surface area (Å²) in [4.78, 5) is 34.9. The lowest BCUT2D eigenvalue weighted by Gasteiger charge is -2.07. The van der Waals surface area contributed by atoms with Gasteiger partial charge in [0.05, 0.1) is 6.42 Å². The molecule has 0 heterocycles. The maximum Gasteiger partial charge on any atom is 0.303 e. The van der Waals surface area contributed by atoms with E-state index in [4.69, 9.17) is 5.11 Å². The summed E-state index contributed by atoms with van der Waals surface area (Å²) in [7, 11) is 0. The molecule has 0 bridgehead atoms. The van der Waals surface area contributed by atoms with Gasteiger partial charge in [0.25, 0.3) is 5.91 Å². The molecule has 3 aromatic rings. The number of amides is 1. The zero-order chi connectivity index (χ0) is 19.9. The maximum absolute atomic E-state index is 12.4. The number of ketones is 1. The van der Waals surface area contributed by atoms with E-state index in [1.54, 1.807) is 36.4 Å². The Labute approximate surface area is 162 Å². The van der Waals surface area contributed by atoms with Gasteiger partial charge in [-0.15, -0.1) is 0 Å². The Morgan fingerprint density at radius 3 is 1.86 bits per heavy atom. The van der Waals surface area contributed by atoms with E-state index in [-0.39, 0.29) is 24.5 Å². The summed E-state index contributed by atoms with van der Waals surface area (Å²) in [5.74, 6) is -1.49. The van der Waals surface area contributed by atoms with Gasteiger partial charge in [-0.25, -0.2) is 0 Å². The highest BCUT2D eigenvalue weighted by atomic mass is 16.4. The fourth-order valence-corrected chi connectivity index (χ4v) is 2.75. The van der Waals surface area contributed by atoms with Crippen molar-refractivity contribution in [2.45, 2.75) is 12.8 Å². The highest BCUT2D eigenvalue weighted by Crippen LogP contribution is 2.20. The number of Topliss-reactive ketones (excluding diaryl/α,β-unsaturated/α-hetero) is 1. The Bertz CT molecular complexity index is 977. The molecule has 0 aliphatic rings. The molecule has 0 atom stereocenters. The third-order valence-electron chi connectivity index (χ3n) is 4.28. The number of carbonyl (C=O) groups is 3. The van der Waals surface area contributed by atoms with Gasteiger partial charge in [-0.3, -0.25) is 14.4 Å². The van der Waals surface area contributed by atoms with Crippen molar-refractivity contribution < 1.29 is 19.5 Å². The zero-order valence-electron chi connectivity index (χ0n) is 15.1. The summed E-state index contributed by atoms with van der Waals surface area (Å²) in [6, 6.07) is 23.6. The Hall–Kier alpha value is -3.73. The van der Waals surface area contributed by atoms with Crippen LogP contribution in [0, 0.1) is 0 Å². The molecule has 0 unspecified atom stereocenters. The van der Waals surface area contributed by atoms with Crippen molar-refractivity contribution in [1.82, 2.24) is 0 Å². The maximum atomic E-state index is 12.4. The van der Waals surface area contributed by atoms with Crippen molar-refractivity contribution in [3.05, 3.63) is 90.0 Å². The number of hydrogen-bond donors (Lipinski definition) is 2. The van der Waals surface area contributed by atoms with Crippen molar-refractivity contribution in [1.29, 1.82) is 0 Å². The van der Waals surface area contributed by atoms with Gasteiger partial charge < -0.3 is 10.4 Å². The summed E-state index contributed by atoms with van der Waals surface area (Å²) in [6.45, 7) is 0. The molecule has 0 radical (unpaired) electrons. The minimum atomic E-state index is -1.00. The number of carboxylic acids is 1. The second kappa shape index (κ2) is 8.77. The van der Waals surface area contributed by atoms with Crippen LogP contribution in [0.4, 0.5) is 5.69 Å². The van der Waals surface area contributed by atoms with Gasteiger partial charge in [0.2, 0.25) is 0 Å². The van der Waals surface area contributed by atoms with E-state index in [1.165, 1.54) is 0 Å². The van der Waals surface area contributed by atoms with Crippen LogP contribution in [0.25, 0.3) is 11.1 Å². The third kappa shape index (κ3) is 4.92. The van der Waals surface area contributed by atoms with Gasteiger partial charge in [-0.2, -0.15) is 0 Å². The number of rotatable bonds is 7. The van der Waals surface area contributed by atoms with Crippen molar-refractivity contribution >= 4 is 23.3 Å². The number of hydrogen-bond acceptors (Lipinski definition) is 3. The van der Waals surface area contributed by atoms with E-state index < -0.39 is 5.97 Å². The first-order valence-corrected chi connectivity index (χ1v) is 8.85. The summed E-state index contributed by atoms with van der Waals surface area (Å²) < 4.78 is 0. The molecular weight excluding hydrogens is 354 g/mol. The SMILES string of the molecule is O=C(O)CCC(=O)c1ccc(NC(=O)c2ccc(-c3ccccc3)cc2)cc1. The summed E-state index contributed by atoms with van der Waals surface area (Å²) >= 11 is 0. The molecule has 3 aromatic carbocycles. The molecule has 1 amide bonds. The number of aliphatic carboxylic acids is 1. The first-order chi connectivity index (χ1) is 13.5. The van der Waals surface area contributed by atoms with E-state index in [0.29, 0.717) is 16.8 Å². The molecular formula is C23H19NO4. The molecule has 5 heteroatoms. The van der Waals surface area contributed by atoms with E-state index in [0.717, 1.165) is 11.1 Å². The van der Waals surface area contributed by atoms with Crippen LogP contribution in [0.3, 0.4) is 0 Å². The van der Waals surface area contributed by atoms with Gasteiger partial charge in [-0.05, 0) is 47.5 Å². The zero-order valence-corrected chi connectivity index (χ0v) is 15.1. The largest absolute Gasteiger partial charge is 0.481 e. The van der Waals surface area contributed by atoms with Crippen LogP contribution in [0.2, 0.25) is 0 Å². The fraction of sp³-hybridized carbons (Fsp3) is 0.0870. The van der Waals surface area contributed by atoms with E-state index in [2.05, 4.69) is 5.32 Å².